The Morgan fingerprint density at radius 2 is 1.90 bits per heavy atom. The quantitative estimate of drug-likeness (QED) is 0.707. The van der Waals surface area contributed by atoms with Gasteiger partial charge in [0.15, 0.2) is 0 Å². The van der Waals surface area contributed by atoms with Crippen molar-refractivity contribution in [2.75, 3.05) is 11.9 Å². The Labute approximate surface area is 143 Å². The molecule has 0 saturated heterocycles. The zero-order chi connectivity index (χ0) is 15.5. The van der Waals surface area contributed by atoms with Gasteiger partial charge in [-0.2, -0.15) is 0 Å². The van der Waals surface area contributed by atoms with Crippen molar-refractivity contribution in [2.45, 2.75) is 38.5 Å². The average Bonchev–Trinajstić information content (AvgIpc) is 2.49. The first-order valence-corrected chi connectivity index (χ1v) is 8.66. The van der Waals surface area contributed by atoms with E-state index in [-0.39, 0.29) is 11.3 Å². The molecule has 116 valence electrons. The Morgan fingerprint density at radius 3 is 2.52 bits per heavy atom. The predicted octanol–water partition coefficient (Wildman–Crippen LogP) is 4.99. The lowest BCUT2D eigenvalue weighted by Gasteiger charge is -2.35. The minimum Gasteiger partial charge on any atom is -0.330 e. The van der Waals surface area contributed by atoms with Gasteiger partial charge in [-0.05, 0) is 52.9 Å². The van der Waals surface area contributed by atoms with Gasteiger partial charge in [-0.25, -0.2) is 0 Å². The maximum atomic E-state index is 12.3. The molecule has 0 aliphatic heterocycles. The maximum Gasteiger partial charge on any atom is 0.225 e. The molecule has 1 aromatic rings. The lowest BCUT2D eigenvalue weighted by atomic mass is 9.71. The SMILES string of the molecule is NCC1(CC(=O)Nc2ccc(Br)c(Cl)c2Cl)CCCCC1. The zero-order valence-corrected chi connectivity index (χ0v) is 14.8. The van der Waals surface area contributed by atoms with Crippen LogP contribution in [0.2, 0.25) is 10.0 Å². The van der Waals surface area contributed by atoms with Crippen LogP contribution < -0.4 is 11.1 Å². The van der Waals surface area contributed by atoms with Crippen LogP contribution in [0.15, 0.2) is 16.6 Å². The van der Waals surface area contributed by atoms with Crippen LogP contribution >= 0.6 is 39.1 Å². The molecule has 2 rings (SSSR count). The molecule has 3 N–H and O–H groups in total. The van der Waals surface area contributed by atoms with Gasteiger partial charge in [0.05, 0.1) is 15.7 Å². The molecule has 21 heavy (non-hydrogen) atoms. The molecule has 1 aromatic carbocycles. The lowest BCUT2D eigenvalue weighted by Crippen LogP contribution is -2.36. The summed E-state index contributed by atoms with van der Waals surface area (Å²) < 4.78 is 0.706. The maximum absolute atomic E-state index is 12.3. The van der Waals surface area contributed by atoms with Crippen LogP contribution in [0.4, 0.5) is 5.69 Å². The van der Waals surface area contributed by atoms with Gasteiger partial charge >= 0.3 is 0 Å². The number of carbonyl (C=O) groups is 1. The Morgan fingerprint density at radius 1 is 1.24 bits per heavy atom. The first-order chi connectivity index (χ1) is 9.97. The molecular weight excluding hydrogens is 375 g/mol. The van der Waals surface area contributed by atoms with E-state index in [0.29, 0.717) is 33.2 Å². The summed E-state index contributed by atoms with van der Waals surface area (Å²) in [6.45, 7) is 0.551. The molecule has 0 bridgehead atoms. The summed E-state index contributed by atoms with van der Waals surface area (Å²) in [7, 11) is 0. The Balaban J connectivity index is 2.06. The Kier molecular flexibility index (Phi) is 5.95. The van der Waals surface area contributed by atoms with Crippen LogP contribution in [-0.4, -0.2) is 12.5 Å². The molecule has 3 nitrogen and oxygen atoms in total. The summed E-state index contributed by atoms with van der Waals surface area (Å²) in [4.78, 5) is 12.3. The zero-order valence-electron chi connectivity index (χ0n) is 11.7. The normalized spacial score (nSPS) is 17.5. The summed E-state index contributed by atoms with van der Waals surface area (Å²) in [6, 6.07) is 3.51. The molecule has 0 heterocycles. The van der Waals surface area contributed by atoms with Gasteiger partial charge in [0.1, 0.15) is 0 Å². The monoisotopic (exact) mass is 392 g/mol. The van der Waals surface area contributed by atoms with Crippen LogP contribution in [0.5, 0.6) is 0 Å². The van der Waals surface area contributed by atoms with Gasteiger partial charge in [0.2, 0.25) is 5.91 Å². The highest BCUT2D eigenvalue weighted by Crippen LogP contribution is 2.39. The van der Waals surface area contributed by atoms with Gasteiger partial charge in [-0.3, -0.25) is 4.79 Å². The third-order valence-corrected chi connectivity index (χ3v) is 5.96. The number of halogens is 3. The van der Waals surface area contributed by atoms with Crippen molar-refractivity contribution in [3.8, 4) is 0 Å². The highest BCUT2D eigenvalue weighted by Gasteiger charge is 2.33. The van der Waals surface area contributed by atoms with Crippen molar-refractivity contribution in [1.29, 1.82) is 0 Å². The number of rotatable bonds is 4. The highest BCUT2D eigenvalue weighted by molar-refractivity contribution is 9.10. The van der Waals surface area contributed by atoms with E-state index in [4.69, 9.17) is 28.9 Å². The summed E-state index contributed by atoms with van der Waals surface area (Å²) in [5.41, 5.74) is 6.40. The predicted molar refractivity (Wildman–Crippen MR) is 92.0 cm³/mol. The van der Waals surface area contributed by atoms with Gasteiger partial charge in [0.25, 0.3) is 0 Å². The van der Waals surface area contributed by atoms with E-state index < -0.39 is 0 Å². The molecule has 0 spiro atoms. The second kappa shape index (κ2) is 7.32. The third kappa shape index (κ3) is 4.13. The number of hydrogen-bond acceptors (Lipinski definition) is 2. The molecule has 1 aliphatic rings. The smallest absolute Gasteiger partial charge is 0.225 e. The van der Waals surface area contributed by atoms with E-state index >= 15 is 0 Å². The molecule has 0 atom stereocenters. The van der Waals surface area contributed by atoms with E-state index in [1.54, 1.807) is 12.1 Å². The summed E-state index contributed by atoms with van der Waals surface area (Å²) in [5.74, 6) is -0.0531. The molecule has 0 aromatic heterocycles. The van der Waals surface area contributed by atoms with Crippen LogP contribution in [0.1, 0.15) is 38.5 Å². The average molecular weight is 394 g/mol. The van der Waals surface area contributed by atoms with Gasteiger partial charge in [0, 0.05) is 10.9 Å². The number of nitrogens with one attached hydrogen (secondary N) is 1. The molecule has 0 unspecified atom stereocenters. The molecule has 6 heteroatoms. The topological polar surface area (TPSA) is 55.1 Å². The van der Waals surface area contributed by atoms with Crippen LogP contribution in [-0.2, 0) is 4.79 Å². The second-order valence-electron chi connectivity index (χ2n) is 5.71. The Hall–Kier alpha value is -0.290. The highest BCUT2D eigenvalue weighted by atomic mass is 79.9. The van der Waals surface area contributed by atoms with E-state index in [2.05, 4.69) is 21.2 Å². The van der Waals surface area contributed by atoms with Crippen molar-refractivity contribution in [1.82, 2.24) is 0 Å². The van der Waals surface area contributed by atoms with Crippen molar-refractivity contribution in [2.24, 2.45) is 11.1 Å². The summed E-state index contributed by atoms with van der Waals surface area (Å²) >= 11 is 15.5. The van der Waals surface area contributed by atoms with Crippen LogP contribution in [0, 0.1) is 5.41 Å². The van der Waals surface area contributed by atoms with E-state index in [0.717, 1.165) is 25.7 Å². The number of benzene rings is 1. The standard InChI is InChI=1S/C15H19BrCl2N2O/c16-10-4-5-11(14(18)13(10)17)20-12(21)8-15(9-19)6-2-1-3-7-15/h4-5H,1-3,6-9,19H2,(H,20,21). The largest absolute Gasteiger partial charge is 0.330 e. The van der Waals surface area contributed by atoms with Crippen LogP contribution in [0.3, 0.4) is 0 Å². The van der Waals surface area contributed by atoms with Gasteiger partial charge in [-0.15, -0.1) is 0 Å². The molecule has 1 saturated carbocycles. The molecular formula is C15H19BrCl2N2O. The van der Waals surface area contributed by atoms with Crippen molar-refractivity contribution in [3.63, 3.8) is 0 Å². The summed E-state index contributed by atoms with van der Waals surface area (Å²) in [5, 5.41) is 3.61. The number of anilines is 1. The Bertz CT molecular complexity index is 531. The lowest BCUT2D eigenvalue weighted by molar-refractivity contribution is -0.118. The molecule has 1 amide bonds. The van der Waals surface area contributed by atoms with E-state index in [9.17, 15) is 4.79 Å². The number of amides is 1. The summed E-state index contributed by atoms with van der Waals surface area (Å²) in [6.07, 6.45) is 6.01. The third-order valence-electron chi connectivity index (χ3n) is 4.19. The number of carbonyl (C=O) groups excluding carboxylic acids is 1. The van der Waals surface area contributed by atoms with Crippen molar-refractivity contribution in [3.05, 3.63) is 26.7 Å². The van der Waals surface area contributed by atoms with E-state index in [1.807, 2.05) is 0 Å². The molecule has 1 aliphatic carbocycles. The molecule has 1 fully saturated rings. The van der Waals surface area contributed by atoms with Crippen LogP contribution in [0.25, 0.3) is 0 Å². The first kappa shape index (κ1) is 17.1. The fourth-order valence-corrected chi connectivity index (χ4v) is 3.73. The van der Waals surface area contributed by atoms with Gasteiger partial charge < -0.3 is 11.1 Å². The first-order valence-electron chi connectivity index (χ1n) is 7.11. The minimum atomic E-state index is -0.0615. The van der Waals surface area contributed by atoms with Crippen molar-refractivity contribution < 1.29 is 4.79 Å². The van der Waals surface area contributed by atoms with Crippen molar-refractivity contribution >= 4 is 50.7 Å². The molecule has 0 radical (unpaired) electrons. The fraction of sp³-hybridized carbons (Fsp3) is 0.533. The fourth-order valence-electron chi connectivity index (χ4n) is 2.91. The number of nitrogens with two attached hydrogens (primary N) is 1. The van der Waals surface area contributed by atoms with E-state index in [1.165, 1.54) is 6.42 Å². The second-order valence-corrected chi connectivity index (χ2v) is 7.32. The minimum absolute atomic E-state index is 0.0531. The number of hydrogen-bond donors (Lipinski definition) is 2. The van der Waals surface area contributed by atoms with Gasteiger partial charge in [-0.1, -0.05) is 42.5 Å².